The molecule has 2 rings (SSSR count). The summed E-state index contributed by atoms with van der Waals surface area (Å²) in [5.74, 6) is 2.15. The van der Waals surface area contributed by atoms with Gasteiger partial charge in [-0.3, -0.25) is 4.90 Å². The van der Waals surface area contributed by atoms with E-state index >= 15 is 0 Å². The average molecular weight is 238 g/mol. The van der Waals surface area contributed by atoms with E-state index in [9.17, 15) is 0 Å². The van der Waals surface area contributed by atoms with Crippen LogP contribution in [0.5, 0.6) is 0 Å². The first kappa shape index (κ1) is 12.5. The normalized spacial score (nSPS) is 22.2. The van der Waals surface area contributed by atoms with Gasteiger partial charge in [0.1, 0.15) is 0 Å². The van der Waals surface area contributed by atoms with E-state index in [2.05, 4.69) is 41.1 Å². The van der Waals surface area contributed by atoms with Crippen LogP contribution in [-0.2, 0) is 13.0 Å². The van der Waals surface area contributed by atoms with Crippen LogP contribution in [0.25, 0.3) is 0 Å². The monoisotopic (exact) mass is 238 g/mol. The highest BCUT2D eigenvalue weighted by molar-refractivity contribution is 4.88. The van der Waals surface area contributed by atoms with Gasteiger partial charge in [0, 0.05) is 32.1 Å². The number of nitrogens with zero attached hydrogens (tertiary/aromatic N) is 3. The molecule has 1 aromatic heterocycles. The van der Waals surface area contributed by atoms with Crippen LogP contribution < -0.4 is 5.32 Å². The van der Waals surface area contributed by atoms with Crippen LogP contribution in [0.4, 0.5) is 0 Å². The van der Waals surface area contributed by atoms with Crippen LogP contribution in [-0.4, -0.2) is 40.7 Å². The molecule has 1 aliphatic heterocycles. The van der Waals surface area contributed by atoms with Crippen LogP contribution in [0, 0.1) is 5.92 Å². The van der Waals surface area contributed by atoms with Gasteiger partial charge in [0.05, 0.1) is 6.54 Å². The van der Waals surface area contributed by atoms with Crippen LogP contribution >= 0.6 is 0 Å². The van der Waals surface area contributed by atoms with Gasteiger partial charge in [-0.25, -0.2) is 0 Å². The number of rotatable bonds is 4. The fraction of sp³-hybridized carbons (Fsp3) is 0.833. The molecule has 0 saturated carbocycles. The SMILES string of the molecule is CC(C)Cc1noc(CN2CCN[C@@H](C)C2)n1. The predicted octanol–water partition coefficient (Wildman–Crippen LogP) is 1.06. The van der Waals surface area contributed by atoms with E-state index in [4.69, 9.17) is 4.52 Å². The van der Waals surface area contributed by atoms with Crippen molar-refractivity contribution in [1.82, 2.24) is 20.4 Å². The Morgan fingerprint density at radius 3 is 3.06 bits per heavy atom. The molecule has 1 fully saturated rings. The van der Waals surface area contributed by atoms with Gasteiger partial charge in [0.15, 0.2) is 5.82 Å². The summed E-state index contributed by atoms with van der Waals surface area (Å²) in [6.45, 7) is 10.4. The summed E-state index contributed by atoms with van der Waals surface area (Å²) in [5, 5.41) is 7.43. The molecule has 0 aromatic carbocycles. The maximum Gasteiger partial charge on any atom is 0.240 e. The van der Waals surface area contributed by atoms with Crippen molar-refractivity contribution in [2.45, 2.75) is 39.8 Å². The fourth-order valence-electron chi connectivity index (χ4n) is 2.15. The molecule has 0 radical (unpaired) electrons. The molecule has 1 saturated heterocycles. The zero-order valence-electron chi connectivity index (χ0n) is 10.9. The third kappa shape index (κ3) is 3.78. The Morgan fingerprint density at radius 2 is 2.35 bits per heavy atom. The number of hydrogen-bond donors (Lipinski definition) is 1. The summed E-state index contributed by atoms with van der Waals surface area (Å²) in [6.07, 6.45) is 0.890. The molecule has 1 aliphatic rings. The maximum absolute atomic E-state index is 5.28. The molecule has 0 aliphatic carbocycles. The van der Waals surface area contributed by atoms with Crippen molar-refractivity contribution in [2.75, 3.05) is 19.6 Å². The Labute approximate surface area is 103 Å². The molecule has 96 valence electrons. The molecule has 0 unspecified atom stereocenters. The van der Waals surface area contributed by atoms with Crippen molar-refractivity contribution in [3.05, 3.63) is 11.7 Å². The van der Waals surface area contributed by atoms with Gasteiger partial charge < -0.3 is 9.84 Å². The second kappa shape index (κ2) is 5.60. The third-order valence-electron chi connectivity index (χ3n) is 2.91. The van der Waals surface area contributed by atoms with E-state index in [1.807, 2.05) is 0 Å². The summed E-state index contributed by atoms with van der Waals surface area (Å²) in [4.78, 5) is 6.78. The molecule has 5 heteroatoms. The minimum absolute atomic E-state index is 0.543. The molecule has 17 heavy (non-hydrogen) atoms. The Morgan fingerprint density at radius 1 is 1.53 bits per heavy atom. The van der Waals surface area contributed by atoms with Crippen LogP contribution in [0.15, 0.2) is 4.52 Å². The molecule has 5 nitrogen and oxygen atoms in total. The lowest BCUT2D eigenvalue weighted by atomic mass is 10.1. The number of piperazine rings is 1. The number of nitrogens with one attached hydrogen (secondary N) is 1. The zero-order chi connectivity index (χ0) is 12.3. The summed E-state index contributed by atoms with van der Waals surface area (Å²) in [6, 6.07) is 0.543. The van der Waals surface area contributed by atoms with Crippen molar-refractivity contribution in [1.29, 1.82) is 0 Å². The van der Waals surface area contributed by atoms with E-state index < -0.39 is 0 Å². The van der Waals surface area contributed by atoms with Crippen LogP contribution in [0.3, 0.4) is 0 Å². The standard InChI is InChI=1S/C12H22N4O/c1-9(2)6-11-14-12(17-15-11)8-16-5-4-13-10(3)7-16/h9-10,13H,4-8H2,1-3H3/t10-/m0/s1. The average Bonchev–Trinajstić information content (AvgIpc) is 2.64. The summed E-state index contributed by atoms with van der Waals surface area (Å²) >= 11 is 0. The maximum atomic E-state index is 5.28. The van der Waals surface area contributed by atoms with Crippen LogP contribution in [0.1, 0.15) is 32.5 Å². The quantitative estimate of drug-likeness (QED) is 0.850. The van der Waals surface area contributed by atoms with Crippen molar-refractivity contribution < 1.29 is 4.52 Å². The first-order valence-electron chi connectivity index (χ1n) is 6.40. The van der Waals surface area contributed by atoms with Gasteiger partial charge in [0.2, 0.25) is 5.89 Å². The topological polar surface area (TPSA) is 54.2 Å². The molecule has 0 amide bonds. The van der Waals surface area contributed by atoms with Crippen molar-refractivity contribution in [2.24, 2.45) is 5.92 Å². The van der Waals surface area contributed by atoms with Gasteiger partial charge in [-0.05, 0) is 12.8 Å². The number of hydrogen-bond acceptors (Lipinski definition) is 5. The van der Waals surface area contributed by atoms with E-state index in [1.165, 1.54) is 0 Å². The Balaban J connectivity index is 1.87. The highest BCUT2D eigenvalue weighted by Gasteiger charge is 2.18. The second-order valence-electron chi connectivity index (χ2n) is 5.29. The van der Waals surface area contributed by atoms with Crippen LogP contribution in [0.2, 0.25) is 0 Å². The largest absolute Gasteiger partial charge is 0.338 e. The molecule has 0 spiro atoms. The Kier molecular flexibility index (Phi) is 4.12. The van der Waals surface area contributed by atoms with E-state index in [1.54, 1.807) is 0 Å². The Hall–Kier alpha value is -0.940. The molecule has 2 heterocycles. The first-order chi connectivity index (χ1) is 8.13. The lowest BCUT2D eigenvalue weighted by molar-refractivity contribution is 0.177. The minimum Gasteiger partial charge on any atom is -0.338 e. The summed E-state index contributed by atoms with van der Waals surface area (Å²) in [5.41, 5.74) is 0. The fourth-order valence-corrected chi connectivity index (χ4v) is 2.15. The summed E-state index contributed by atoms with van der Waals surface area (Å²) in [7, 11) is 0. The first-order valence-corrected chi connectivity index (χ1v) is 6.40. The van der Waals surface area contributed by atoms with E-state index in [0.717, 1.165) is 44.3 Å². The highest BCUT2D eigenvalue weighted by atomic mass is 16.5. The predicted molar refractivity (Wildman–Crippen MR) is 65.6 cm³/mol. The van der Waals surface area contributed by atoms with Crippen molar-refractivity contribution in [3.63, 3.8) is 0 Å². The third-order valence-corrected chi connectivity index (χ3v) is 2.91. The minimum atomic E-state index is 0.543. The molecular formula is C12H22N4O. The highest BCUT2D eigenvalue weighted by Crippen LogP contribution is 2.08. The molecule has 1 aromatic rings. The van der Waals surface area contributed by atoms with Gasteiger partial charge in [-0.15, -0.1) is 0 Å². The number of aromatic nitrogens is 2. The van der Waals surface area contributed by atoms with E-state index in [-0.39, 0.29) is 0 Å². The van der Waals surface area contributed by atoms with Gasteiger partial charge in [-0.1, -0.05) is 19.0 Å². The van der Waals surface area contributed by atoms with Crippen molar-refractivity contribution >= 4 is 0 Å². The van der Waals surface area contributed by atoms with Crippen molar-refractivity contribution in [3.8, 4) is 0 Å². The lowest BCUT2D eigenvalue weighted by Crippen LogP contribution is -2.48. The molecule has 1 N–H and O–H groups in total. The van der Waals surface area contributed by atoms with Gasteiger partial charge >= 0.3 is 0 Å². The zero-order valence-corrected chi connectivity index (χ0v) is 10.9. The smallest absolute Gasteiger partial charge is 0.240 e. The van der Waals surface area contributed by atoms with Gasteiger partial charge in [-0.2, -0.15) is 4.98 Å². The molecule has 0 bridgehead atoms. The Bertz CT molecular complexity index is 350. The summed E-state index contributed by atoms with van der Waals surface area (Å²) < 4.78 is 5.28. The van der Waals surface area contributed by atoms with Gasteiger partial charge in [0.25, 0.3) is 0 Å². The molecule has 1 atom stereocenters. The second-order valence-corrected chi connectivity index (χ2v) is 5.29. The lowest BCUT2D eigenvalue weighted by Gasteiger charge is -2.30. The molecular weight excluding hydrogens is 216 g/mol. The van der Waals surface area contributed by atoms with E-state index in [0.29, 0.717) is 12.0 Å².